The number of nitrogens with zero attached hydrogens (tertiary/aromatic N) is 2. The molecule has 0 atom stereocenters. The number of aromatic nitrogens is 1. The third kappa shape index (κ3) is 3.06. The molecule has 1 heterocycles. The number of aryl methyl sites for hydroxylation is 1. The van der Waals surface area contributed by atoms with Crippen molar-refractivity contribution in [2.75, 3.05) is 4.90 Å². The van der Waals surface area contributed by atoms with E-state index in [9.17, 15) is 4.79 Å². The quantitative estimate of drug-likeness (QED) is 0.734. The van der Waals surface area contributed by atoms with Crippen molar-refractivity contribution >= 4 is 11.9 Å². The van der Waals surface area contributed by atoms with Crippen LogP contribution in [0, 0.1) is 6.92 Å². The van der Waals surface area contributed by atoms with Crippen molar-refractivity contribution in [2.45, 2.75) is 13.5 Å². The van der Waals surface area contributed by atoms with E-state index in [1.807, 2.05) is 55.5 Å². The lowest BCUT2D eigenvalue weighted by atomic mass is 10.1. The SMILES string of the molecule is Cc1coc(N(Cc2ccccc2)C(=O)c2ccccc2)n1. The zero-order valence-electron chi connectivity index (χ0n) is 12.3. The summed E-state index contributed by atoms with van der Waals surface area (Å²) in [6.07, 6.45) is 1.55. The van der Waals surface area contributed by atoms with Gasteiger partial charge < -0.3 is 4.42 Å². The standard InChI is InChI=1S/C18H16N2O2/c1-14-13-22-18(19-14)20(12-15-8-4-2-5-9-15)17(21)16-10-6-3-7-11-16/h2-11,13H,12H2,1H3. The molecule has 0 N–H and O–H groups in total. The average Bonchev–Trinajstić information content (AvgIpc) is 3.00. The Hall–Kier alpha value is -2.88. The number of benzene rings is 2. The first-order chi connectivity index (χ1) is 10.7. The van der Waals surface area contributed by atoms with Gasteiger partial charge >= 0.3 is 6.01 Å². The Bertz CT molecular complexity index is 751. The summed E-state index contributed by atoms with van der Waals surface area (Å²) in [5.41, 5.74) is 2.37. The predicted molar refractivity (Wildman–Crippen MR) is 84.6 cm³/mol. The monoisotopic (exact) mass is 292 g/mol. The molecule has 3 aromatic rings. The molecule has 22 heavy (non-hydrogen) atoms. The molecule has 0 saturated heterocycles. The Morgan fingerprint density at radius 3 is 2.27 bits per heavy atom. The smallest absolute Gasteiger partial charge is 0.304 e. The zero-order valence-corrected chi connectivity index (χ0v) is 12.3. The normalized spacial score (nSPS) is 10.4. The van der Waals surface area contributed by atoms with Gasteiger partial charge in [0.05, 0.1) is 12.2 Å². The molecular weight excluding hydrogens is 276 g/mol. The van der Waals surface area contributed by atoms with Gasteiger partial charge in [0, 0.05) is 5.56 Å². The van der Waals surface area contributed by atoms with Crippen molar-refractivity contribution in [1.29, 1.82) is 0 Å². The number of rotatable bonds is 4. The number of carbonyl (C=O) groups excluding carboxylic acids is 1. The Balaban J connectivity index is 1.94. The summed E-state index contributed by atoms with van der Waals surface area (Å²) in [6.45, 7) is 2.25. The van der Waals surface area contributed by atoms with Crippen LogP contribution in [0.2, 0.25) is 0 Å². The molecular formula is C18H16N2O2. The number of oxazole rings is 1. The van der Waals surface area contributed by atoms with E-state index >= 15 is 0 Å². The van der Waals surface area contributed by atoms with E-state index in [-0.39, 0.29) is 5.91 Å². The summed E-state index contributed by atoms with van der Waals surface area (Å²) < 4.78 is 5.44. The number of amides is 1. The molecule has 0 unspecified atom stereocenters. The van der Waals surface area contributed by atoms with Gasteiger partial charge in [-0.25, -0.2) is 0 Å². The summed E-state index contributed by atoms with van der Waals surface area (Å²) in [7, 11) is 0. The molecule has 0 saturated carbocycles. The van der Waals surface area contributed by atoms with Crippen LogP contribution < -0.4 is 4.90 Å². The van der Waals surface area contributed by atoms with Gasteiger partial charge in [0.1, 0.15) is 6.26 Å². The zero-order chi connectivity index (χ0) is 15.4. The first-order valence-corrected chi connectivity index (χ1v) is 7.07. The minimum absolute atomic E-state index is 0.133. The Morgan fingerprint density at radius 2 is 1.68 bits per heavy atom. The fourth-order valence-corrected chi connectivity index (χ4v) is 2.19. The van der Waals surface area contributed by atoms with Gasteiger partial charge in [0.15, 0.2) is 0 Å². The number of anilines is 1. The molecule has 4 heteroatoms. The van der Waals surface area contributed by atoms with Crippen LogP contribution >= 0.6 is 0 Å². The summed E-state index contributed by atoms with van der Waals surface area (Å²) in [6, 6.07) is 19.2. The van der Waals surface area contributed by atoms with Crippen LogP contribution in [0.15, 0.2) is 71.3 Å². The minimum Gasteiger partial charge on any atom is -0.431 e. The summed E-state index contributed by atoms with van der Waals surface area (Å²) >= 11 is 0. The van der Waals surface area contributed by atoms with Crippen molar-refractivity contribution in [3.05, 3.63) is 83.7 Å². The fourth-order valence-electron chi connectivity index (χ4n) is 2.19. The molecule has 4 nitrogen and oxygen atoms in total. The third-order valence-electron chi connectivity index (χ3n) is 3.29. The number of carbonyl (C=O) groups is 1. The van der Waals surface area contributed by atoms with E-state index in [4.69, 9.17) is 4.42 Å². The maximum Gasteiger partial charge on any atom is 0.304 e. The van der Waals surface area contributed by atoms with Crippen LogP contribution in [0.5, 0.6) is 0 Å². The maximum absolute atomic E-state index is 12.8. The highest BCUT2D eigenvalue weighted by atomic mass is 16.4. The largest absolute Gasteiger partial charge is 0.431 e. The van der Waals surface area contributed by atoms with E-state index in [0.717, 1.165) is 11.3 Å². The lowest BCUT2D eigenvalue weighted by molar-refractivity contribution is 0.0979. The van der Waals surface area contributed by atoms with Crippen molar-refractivity contribution in [3.8, 4) is 0 Å². The topological polar surface area (TPSA) is 46.3 Å². The first-order valence-electron chi connectivity index (χ1n) is 7.07. The highest BCUT2D eigenvalue weighted by molar-refractivity contribution is 6.04. The van der Waals surface area contributed by atoms with E-state index in [2.05, 4.69) is 4.98 Å². The van der Waals surface area contributed by atoms with Crippen LogP contribution in [0.3, 0.4) is 0 Å². The van der Waals surface area contributed by atoms with Crippen LogP contribution in [0.4, 0.5) is 6.01 Å². The van der Waals surface area contributed by atoms with Gasteiger partial charge in [-0.3, -0.25) is 9.69 Å². The molecule has 1 amide bonds. The third-order valence-corrected chi connectivity index (χ3v) is 3.29. The van der Waals surface area contributed by atoms with Gasteiger partial charge in [-0.15, -0.1) is 0 Å². The van der Waals surface area contributed by atoms with Crippen LogP contribution in [-0.4, -0.2) is 10.9 Å². The molecule has 2 aromatic carbocycles. The van der Waals surface area contributed by atoms with Crippen molar-refractivity contribution < 1.29 is 9.21 Å². The Labute approximate surface area is 129 Å². The van der Waals surface area contributed by atoms with Crippen LogP contribution in [0.1, 0.15) is 21.6 Å². The van der Waals surface area contributed by atoms with Crippen LogP contribution in [-0.2, 0) is 6.54 Å². The molecule has 3 rings (SSSR count). The van der Waals surface area contributed by atoms with Crippen LogP contribution in [0.25, 0.3) is 0 Å². The van der Waals surface area contributed by atoms with E-state index < -0.39 is 0 Å². The Morgan fingerprint density at radius 1 is 1.05 bits per heavy atom. The first kappa shape index (κ1) is 14.1. The minimum atomic E-state index is -0.133. The van der Waals surface area contributed by atoms with Gasteiger partial charge in [-0.05, 0) is 24.6 Å². The highest BCUT2D eigenvalue weighted by Crippen LogP contribution is 2.19. The molecule has 0 aliphatic rings. The van der Waals surface area contributed by atoms with Crippen molar-refractivity contribution in [3.63, 3.8) is 0 Å². The van der Waals surface area contributed by atoms with Gasteiger partial charge in [0.2, 0.25) is 0 Å². The average molecular weight is 292 g/mol. The Kier molecular flexibility index (Phi) is 4.01. The van der Waals surface area contributed by atoms with E-state index in [0.29, 0.717) is 18.1 Å². The fraction of sp³-hybridized carbons (Fsp3) is 0.111. The molecule has 0 aliphatic carbocycles. The highest BCUT2D eigenvalue weighted by Gasteiger charge is 2.22. The second-order valence-corrected chi connectivity index (χ2v) is 5.01. The van der Waals surface area contributed by atoms with Gasteiger partial charge in [0.25, 0.3) is 5.91 Å². The predicted octanol–water partition coefficient (Wildman–Crippen LogP) is 3.83. The second kappa shape index (κ2) is 6.26. The lowest BCUT2D eigenvalue weighted by Gasteiger charge is -2.19. The molecule has 110 valence electrons. The van der Waals surface area contributed by atoms with Gasteiger partial charge in [-0.2, -0.15) is 4.98 Å². The number of hydrogen-bond donors (Lipinski definition) is 0. The lowest BCUT2D eigenvalue weighted by Crippen LogP contribution is -2.30. The van der Waals surface area contributed by atoms with Crippen molar-refractivity contribution in [1.82, 2.24) is 4.98 Å². The van der Waals surface area contributed by atoms with E-state index in [1.54, 1.807) is 23.3 Å². The maximum atomic E-state index is 12.8. The molecule has 0 aliphatic heterocycles. The summed E-state index contributed by atoms with van der Waals surface area (Å²) in [4.78, 5) is 18.6. The molecule has 0 spiro atoms. The second-order valence-electron chi connectivity index (χ2n) is 5.01. The molecule has 0 fully saturated rings. The van der Waals surface area contributed by atoms with Crippen molar-refractivity contribution in [2.24, 2.45) is 0 Å². The number of hydrogen-bond acceptors (Lipinski definition) is 3. The van der Waals surface area contributed by atoms with E-state index in [1.165, 1.54) is 0 Å². The summed E-state index contributed by atoms with van der Waals surface area (Å²) in [5.74, 6) is -0.133. The van der Waals surface area contributed by atoms with Gasteiger partial charge in [-0.1, -0.05) is 48.5 Å². The molecule has 0 bridgehead atoms. The molecule has 0 radical (unpaired) electrons. The summed E-state index contributed by atoms with van der Waals surface area (Å²) in [5, 5.41) is 0. The molecule has 1 aromatic heterocycles.